The van der Waals surface area contributed by atoms with E-state index in [9.17, 15) is 4.79 Å². The maximum absolute atomic E-state index is 11.4. The Morgan fingerprint density at radius 1 is 1.10 bits per heavy atom. The van der Waals surface area contributed by atoms with Crippen molar-refractivity contribution < 1.29 is 14.3 Å². The maximum atomic E-state index is 11.4. The molecular formula is C24H34N4O3. The molecule has 1 aromatic carbocycles. The van der Waals surface area contributed by atoms with Gasteiger partial charge in [0.15, 0.2) is 0 Å². The first-order valence-corrected chi connectivity index (χ1v) is 11.0. The number of nitrogens with one attached hydrogen (secondary N) is 1. The summed E-state index contributed by atoms with van der Waals surface area (Å²) in [4.78, 5) is 18.1. The Hall–Kier alpha value is -2.80. The van der Waals surface area contributed by atoms with Crippen LogP contribution in [-0.2, 0) is 6.54 Å². The standard InChI is InChI=1S/C24H34N4O3/c1-16(2)30-21-11-18(12-22(14-21)31-17(3)4)15-28-9-6-20(7-10-28)27-23-13-19(24(25)29)5-8-26-23/h5,8,11-14,16-17,20H,6-7,9-10,15H2,1-4H3,(H2,25,29)(H,26,27). The predicted molar refractivity (Wildman–Crippen MR) is 123 cm³/mol. The maximum Gasteiger partial charge on any atom is 0.248 e. The second-order valence-electron chi connectivity index (χ2n) is 8.63. The third kappa shape index (κ3) is 7.14. The van der Waals surface area contributed by atoms with Gasteiger partial charge in [-0.3, -0.25) is 9.69 Å². The van der Waals surface area contributed by atoms with Crippen LogP contribution in [0.3, 0.4) is 0 Å². The zero-order valence-corrected chi connectivity index (χ0v) is 18.9. The molecule has 7 nitrogen and oxygen atoms in total. The lowest BCUT2D eigenvalue weighted by Crippen LogP contribution is -2.38. The number of ether oxygens (including phenoxy) is 2. The van der Waals surface area contributed by atoms with Gasteiger partial charge in [0.1, 0.15) is 17.3 Å². The van der Waals surface area contributed by atoms with Crippen molar-refractivity contribution in [2.45, 2.75) is 65.3 Å². The number of amides is 1. The van der Waals surface area contributed by atoms with E-state index in [1.165, 1.54) is 5.56 Å². The average Bonchev–Trinajstić information content (AvgIpc) is 2.68. The van der Waals surface area contributed by atoms with Crippen LogP contribution in [0, 0.1) is 0 Å². The van der Waals surface area contributed by atoms with Crippen LogP contribution in [0.1, 0.15) is 56.5 Å². The van der Waals surface area contributed by atoms with Crippen molar-refractivity contribution in [2.24, 2.45) is 5.73 Å². The number of carbonyl (C=O) groups is 1. The molecule has 2 heterocycles. The van der Waals surface area contributed by atoms with Gasteiger partial charge in [-0.1, -0.05) is 0 Å². The third-order valence-electron chi connectivity index (χ3n) is 5.07. The summed E-state index contributed by atoms with van der Waals surface area (Å²) in [6, 6.07) is 9.85. The van der Waals surface area contributed by atoms with Gasteiger partial charge >= 0.3 is 0 Å². The minimum atomic E-state index is -0.440. The Labute approximate surface area is 184 Å². The van der Waals surface area contributed by atoms with Crippen molar-refractivity contribution in [3.8, 4) is 11.5 Å². The molecule has 1 saturated heterocycles. The second-order valence-corrected chi connectivity index (χ2v) is 8.63. The Kier molecular flexibility index (Phi) is 7.74. The van der Waals surface area contributed by atoms with Crippen LogP contribution in [0.15, 0.2) is 36.5 Å². The number of benzene rings is 1. The number of hydrogen-bond donors (Lipinski definition) is 2. The normalized spacial score (nSPS) is 15.3. The molecule has 168 valence electrons. The fraction of sp³-hybridized carbons (Fsp3) is 0.500. The van der Waals surface area contributed by atoms with Gasteiger partial charge in [0.2, 0.25) is 5.91 Å². The van der Waals surface area contributed by atoms with Crippen molar-refractivity contribution in [3.05, 3.63) is 47.7 Å². The molecule has 0 spiro atoms. The molecule has 1 aliphatic heterocycles. The minimum absolute atomic E-state index is 0.116. The zero-order chi connectivity index (χ0) is 22.4. The fourth-order valence-corrected chi connectivity index (χ4v) is 3.77. The predicted octanol–water partition coefficient (Wildman–Crippen LogP) is 3.83. The summed E-state index contributed by atoms with van der Waals surface area (Å²) in [5.74, 6) is 1.95. The van der Waals surface area contributed by atoms with Gasteiger partial charge in [-0.25, -0.2) is 4.98 Å². The van der Waals surface area contributed by atoms with Gasteiger partial charge in [-0.2, -0.15) is 0 Å². The summed E-state index contributed by atoms with van der Waals surface area (Å²) in [6.07, 6.45) is 3.84. The Bertz CT molecular complexity index is 849. The van der Waals surface area contributed by atoms with Crippen molar-refractivity contribution in [2.75, 3.05) is 18.4 Å². The number of carbonyl (C=O) groups excluding carboxylic acids is 1. The first kappa shape index (κ1) is 22.9. The number of anilines is 1. The number of primary amides is 1. The van der Waals surface area contributed by atoms with Crippen molar-refractivity contribution in [1.82, 2.24) is 9.88 Å². The third-order valence-corrected chi connectivity index (χ3v) is 5.07. The number of hydrogen-bond acceptors (Lipinski definition) is 6. The summed E-state index contributed by atoms with van der Waals surface area (Å²) in [5, 5.41) is 3.44. The van der Waals surface area contributed by atoms with Gasteiger partial charge in [0.05, 0.1) is 12.2 Å². The summed E-state index contributed by atoms with van der Waals surface area (Å²) < 4.78 is 11.9. The van der Waals surface area contributed by atoms with Crippen LogP contribution < -0.4 is 20.5 Å². The van der Waals surface area contributed by atoms with E-state index in [1.54, 1.807) is 18.3 Å². The Morgan fingerprint density at radius 2 is 1.71 bits per heavy atom. The Morgan fingerprint density at radius 3 is 2.26 bits per heavy atom. The lowest BCUT2D eigenvalue weighted by molar-refractivity contribution is 0.1000. The van der Waals surface area contributed by atoms with Crippen LogP contribution in [0.25, 0.3) is 0 Å². The van der Waals surface area contributed by atoms with Gasteiger partial charge in [-0.05, 0) is 70.4 Å². The van der Waals surface area contributed by atoms with E-state index in [0.29, 0.717) is 17.4 Å². The monoisotopic (exact) mass is 426 g/mol. The highest BCUT2D eigenvalue weighted by atomic mass is 16.5. The largest absolute Gasteiger partial charge is 0.491 e. The van der Waals surface area contributed by atoms with E-state index in [1.807, 2.05) is 33.8 Å². The van der Waals surface area contributed by atoms with Crippen molar-refractivity contribution in [3.63, 3.8) is 0 Å². The van der Waals surface area contributed by atoms with Crippen LogP contribution in [0.5, 0.6) is 11.5 Å². The van der Waals surface area contributed by atoms with E-state index in [2.05, 4.69) is 27.3 Å². The van der Waals surface area contributed by atoms with Crippen molar-refractivity contribution in [1.29, 1.82) is 0 Å². The molecule has 0 aliphatic carbocycles. The summed E-state index contributed by atoms with van der Waals surface area (Å²) in [7, 11) is 0. The van der Waals surface area contributed by atoms with E-state index in [4.69, 9.17) is 15.2 Å². The molecule has 1 aromatic heterocycles. The van der Waals surface area contributed by atoms with Crippen LogP contribution >= 0.6 is 0 Å². The molecule has 1 amide bonds. The highest BCUT2D eigenvalue weighted by molar-refractivity contribution is 5.93. The first-order chi connectivity index (χ1) is 14.8. The Balaban J connectivity index is 1.58. The molecule has 7 heteroatoms. The van der Waals surface area contributed by atoms with Crippen LogP contribution in [0.4, 0.5) is 5.82 Å². The second kappa shape index (κ2) is 10.5. The molecule has 3 rings (SSSR count). The van der Waals surface area contributed by atoms with E-state index < -0.39 is 5.91 Å². The smallest absolute Gasteiger partial charge is 0.248 e. The number of piperidine rings is 1. The number of rotatable bonds is 9. The SMILES string of the molecule is CC(C)Oc1cc(CN2CCC(Nc3cc(C(N)=O)ccn3)CC2)cc(OC(C)C)c1. The molecule has 0 atom stereocenters. The van der Waals surface area contributed by atoms with Gasteiger partial charge < -0.3 is 20.5 Å². The molecule has 0 radical (unpaired) electrons. The van der Waals surface area contributed by atoms with Gasteiger partial charge in [-0.15, -0.1) is 0 Å². The summed E-state index contributed by atoms with van der Waals surface area (Å²) in [6.45, 7) is 10.9. The van der Waals surface area contributed by atoms with Crippen molar-refractivity contribution >= 4 is 11.7 Å². The molecule has 31 heavy (non-hydrogen) atoms. The van der Waals surface area contributed by atoms with Crippen LogP contribution in [-0.4, -0.2) is 47.1 Å². The minimum Gasteiger partial charge on any atom is -0.491 e. The topological polar surface area (TPSA) is 89.7 Å². The van der Waals surface area contributed by atoms with E-state index in [-0.39, 0.29) is 12.2 Å². The lowest BCUT2D eigenvalue weighted by Gasteiger charge is -2.32. The van der Waals surface area contributed by atoms with E-state index in [0.717, 1.165) is 44.0 Å². The summed E-state index contributed by atoms with van der Waals surface area (Å²) >= 11 is 0. The number of aromatic nitrogens is 1. The number of likely N-dealkylation sites (tertiary alicyclic amines) is 1. The molecule has 0 bridgehead atoms. The van der Waals surface area contributed by atoms with Gasteiger partial charge in [0.25, 0.3) is 0 Å². The highest BCUT2D eigenvalue weighted by Gasteiger charge is 2.20. The number of nitrogens with two attached hydrogens (primary N) is 1. The quantitative estimate of drug-likeness (QED) is 0.633. The molecule has 2 aromatic rings. The molecule has 0 saturated carbocycles. The van der Waals surface area contributed by atoms with Crippen LogP contribution in [0.2, 0.25) is 0 Å². The first-order valence-electron chi connectivity index (χ1n) is 11.0. The van der Waals surface area contributed by atoms with E-state index >= 15 is 0 Å². The average molecular weight is 427 g/mol. The molecule has 1 aliphatic rings. The number of nitrogens with zero attached hydrogens (tertiary/aromatic N) is 2. The summed E-state index contributed by atoms with van der Waals surface area (Å²) in [5.41, 5.74) is 7.02. The highest BCUT2D eigenvalue weighted by Crippen LogP contribution is 2.27. The zero-order valence-electron chi connectivity index (χ0n) is 18.9. The molecule has 0 unspecified atom stereocenters. The molecular weight excluding hydrogens is 392 g/mol. The number of pyridine rings is 1. The van der Waals surface area contributed by atoms with Gasteiger partial charge in [0, 0.05) is 43.5 Å². The lowest BCUT2D eigenvalue weighted by atomic mass is 10.0. The fourth-order valence-electron chi connectivity index (χ4n) is 3.77. The molecule has 3 N–H and O–H groups in total. The molecule has 1 fully saturated rings.